The van der Waals surface area contributed by atoms with E-state index in [1.54, 1.807) is 0 Å². The molecular formula is C18H34S. The minimum absolute atomic E-state index is 1.03. The van der Waals surface area contributed by atoms with Crippen molar-refractivity contribution in [1.29, 1.82) is 0 Å². The molecule has 19 heavy (non-hydrogen) atoms. The highest BCUT2D eigenvalue weighted by Gasteiger charge is 1.93. The van der Waals surface area contributed by atoms with Gasteiger partial charge in [-0.05, 0) is 11.7 Å². The summed E-state index contributed by atoms with van der Waals surface area (Å²) in [6.45, 7) is 2.29. The Morgan fingerprint density at radius 1 is 0.579 bits per heavy atom. The maximum atomic E-state index is 3.88. The fourth-order valence-corrected chi connectivity index (χ4v) is 2.58. The Morgan fingerprint density at radius 2 is 0.947 bits per heavy atom. The molecule has 0 saturated heterocycles. The van der Waals surface area contributed by atoms with E-state index in [1.165, 1.54) is 89.9 Å². The molecule has 0 amide bonds. The van der Waals surface area contributed by atoms with Gasteiger partial charge in [-0.25, -0.2) is 0 Å². The van der Waals surface area contributed by atoms with Crippen LogP contribution in [0.15, 0.2) is 0 Å². The van der Waals surface area contributed by atoms with E-state index in [1.807, 2.05) is 0 Å². The van der Waals surface area contributed by atoms with Crippen molar-refractivity contribution in [3.63, 3.8) is 0 Å². The maximum absolute atomic E-state index is 3.88. The van der Waals surface area contributed by atoms with E-state index in [0.29, 0.717) is 0 Å². The van der Waals surface area contributed by atoms with E-state index in [-0.39, 0.29) is 0 Å². The third kappa shape index (κ3) is 17.9. The van der Waals surface area contributed by atoms with Gasteiger partial charge in [-0.3, -0.25) is 0 Å². The lowest BCUT2D eigenvalue weighted by molar-refractivity contribution is 0.536. The highest BCUT2D eigenvalue weighted by molar-refractivity contribution is 7.85. The van der Waals surface area contributed by atoms with Crippen LogP contribution in [-0.4, -0.2) is 0 Å². The van der Waals surface area contributed by atoms with E-state index >= 15 is 0 Å². The van der Waals surface area contributed by atoms with Crippen molar-refractivity contribution in [1.82, 2.24) is 0 Å². The molecule has 0 rings (SSSR count). The first kappa shape index (κ1) is 18.9. The van der Waals surface area contributed by atoms with Crippen LogP contribution in [0.2, 0.25) is 0 Å². The second kappa shape index (κ2) is 17.9. The molecule has 0 atom stereocenters. The summed E-state index contributed by atoms with van der Waals surface area (Å²) in [5, 5.41) is 2.66. The molecule has 0 aromatic heterocycles. The Kier molecular flexibility index (Phi) is 17.8. The fraction of sp³-hybridized carbons (Fsp3) is 0.889. The highest BCUT2D eigenvalue weighted by Crippen LogP contribution is 2.13. The van der Waals surface area contributed by atoms with E-state index < -0.39 is 0 Å². The summed E-state index contributed by atoms with van der Waals surface area (Å²) in [7, 11) is 0. The SMILES string of the molecule is CCCCCCCCCCCCCCCCC#CS. The van der Waals surface area contributed by atoms with Crippen molar-refractivity contribution in [2.24, 2.45) is 0 Å². The normalized spacial score (nSPS) is 10.2. The zero-order valence-electron chi connectivity index (χ0n) is 13.1. The Labute approximate surface area is 127 Å². The van der Waals surface area contributed by atoms with Gasteiger partial charge in [0.15, 0.2) is 0 Å². The molecule has 0 aromatic rings. The molecule has 0 spiro atoms. The molecule has 0 N–H and O–H groups in total. The molecule has 0 saturated carbocycles. The van der Waals surface area contributed by atoms with Crippen molar-refractivity contribution in [2.75, 3.05) is 0 Å². The van der Waals surface area contributed by atoms with Gasteiger partial charge in [-0.1, -0.05) is 109 Å². The Bertz CT molecular complexity index is 211. The average molecular weight is 283 g/mol. The summed E-state index contributed by atoms with van der Waals surface area (Å²) in [6, 6.07) is 0. The standard InChI is InChI=1S/C18H34S/c1-2-3-4-5-6-7-8-9-10-11-12-13-14-15-16-17-18-19/h19H,2-16H2,1H3. The number of thiol groups is 1. The van der Waals surface area contributed by atoms with E-state index in [4.69, 9.17) is 0 Å². The average Bonchev–Trinajstić information content (AvgIpc) is 2.43. The van der Waals surface area contributed by atoms with Gasteiger partial charge >= 0.3 is 0 Å². The van der Waals surface area contributed by atoms with Crippen molar-refractivity contribution in [3.05, 3.63) is 0 Å². The first-order chi connectivity index (χ1) is 9.41. The molecule has 0 aliphatic heterocycles. The second-order valence-corrected chi connectivity index (χ2v) is 5.86. The Morgan fingerprint density at radius 3 is 1.32 bits per heavy atom. The molecule has 0 radical (unpaired) electrons. The van der Waals surface area contributed by atoms with Gasteiger partial charge < -0.3 is 0 Å². The predicted octanol–water partition coefficient (Wildman–Crippen LogP) is 6.75. The lowest BCUT2D eigenvalue weighted by Gasteiger charge is -2.02. The Balaban J connectivity index is 2.92. The highest BCUT2D eigenvalue weighted by atomic mass is 32.1. The summed E-state index contributed by atoms with van der Waals surface area (Å²) >= 11 is 3.88. The van der Waals surface area contributed by atoms with Crippen LogP contribution in [-0.2, 0) is 0 Å². The number of rotatable bonds is 14. The summed E-state index contributed by atoms with van der Waals surface area (Å²) in [5.41, 5.74) is 0. The van der Waals surface area contributed by atoms with Gasteiger partial charge in [0.1, 0.15) is 0 Å². The molecule has 0 heterocycles. The van der Waals surface area contributed by atoms with Crippen LogP contribution in [0.4, 0.5) is 0 Å². The quantitative estimate of drug-likeness (QED) is 0.203. The molecule has 0 nitrogen and oxygen atoms in total. The first-order valence-electron chi connectivity index (χ1n) is 8.53. The molecule has 0 aliphatic carbocycles. The minimum Gasteiger partial charge on any atom is -0.0922 e. The van der Waals surface area contributed by atoms with Crippen molar-refractivity contribution in [2.45, 2.75) is 103 Å². The molecule has 0 fully saturated rings. The monoisotopic (exact) mass is 282 g/mol. The molecule has 0 aliphatic rings. The zero-order chi connectivity index (χ0) is 14.0. The van der Waals surface area contributed by atoms with Crippen LogP contribution >= 0.6 is 12.6 Å². The molecule has 0 bridgehead atoms. The van der Waals surface area contributed by atoms with Crippen LogP contribution < -0.4 is 0 Å². The summed E-state index contributed by atoms with van der Waals surface area (Å²) in [4.78, 5) is 0. The van der Waals surface area contributed by atoms with Crippen LogP contribution in [0.5, 0.6) is 0 Å². The van der Waals surface area contributed by atoms with E-state index in [0.717, 1.165) is 6.42 Å². The molecule has 112 valence electrons. The number of hydrogen-bond donors (Lipinski definition) is 1. The van der Waals surface area contributed by atoms with E-state index in [9.17, 15) is 0 Å². The van der Waals surface area contributed by atoms with E-state index in [2.05, 4.69) is 30.7 Å². The third-order valence-electron chi connectivity index (χ3n) is 3.73. The second-order valence-electron chi connectivity index (χ2n) is 5.63. The lowest BCUT2D eigenvalue weighted by atomic mass is 10.0. The van der Waals surface area contributed by atoms with Gasteiger partial charge in [0.2, 0.25) is 0 Å². The fourth-order valence-electron chi connectivity index (χ4n) is 2.46. The number of unbranched alkanes of at least 4 members (excludes halogenated alkanes) is 14. The molecule has 1 heteroatoms. The zero-order valence-corrected chi connectivity index (χ0v) is 13.9. The summed E-state index contributed by atoms with van der Waals surface area (Å²) in [6.07, 6.45) is 20.9. The van der Waals surface area contributed by atoms with Gasteiger partial charge in [0.05, 0.1) is 0 Å². The van der Waals surface area contributed by atoms with Crippen LogP contribution in [0.1, 0.15) is 103 Å². The van der Waals surface area contributed by atoms with Crippen LogP contribution in [0, 0.1) is 11.2 Å². The van der Waals surface area contributed by atoms with Crippen molar-refractivity contribution < 1.29 is 0 Å². The smallest absolute Gasteiger partial charge is 0.00975 e. The van der Waals surface area contributed by atoms with Crippen LogP contribution in [0.25, 0.3) is 0 Å². The number of hydrogen-bond acceptors (Lipinski definition) is 1. The van der Waals surface area contributed by atoms with Gasteiger partial charge in [-0.15, -0.1) is 0 Å². The molecule has 0 unspecified atom stereocenters. The van der Waals surface area contributed by atoms with Crippen LogP contribution in [0.3, 0.4) is 0 Å². The van der Waals surface area contributed by atoms with Crippen molar-refractivity contribution >= 4 is 12.6 Å². The van der Waals surface area contributed by atoms with Gasteiger partial charge in [0.25, 0.3) is 0 Å². The largest absolute Gasteiger partial charge is 0.0922 e. The predicted molar refractivity (Wildman–Crippen MR) is 91.7 cm³/mol. The van der Waals surface area contributed by atoms with Gasteiger partial charge in [0, 0.05) is 6.42 Å². The lowest BCUT2D eigenvalue weighted by Crippen LogP contribution is -1.83. The summed E-state index contributed by atoms with van der Waals surface area (Å²) < 4.78 is 0. The summed E-state index contributed by atoms with van der Waals surface area (Å²) in [5.74, 6) is 3.01. The minimum atomic E-state index is 1.03. The third-order valence-corrected chi connectivity index (χ3v) is 3.89. The topological polar surface area (TPSA) is 0 Å². The molecule has 0 aromatic carbocycles. The maximum Gasteiger partial charge on any atom is 0.00975 e. The molecular weight excluding hydrogens is 248 g/mol. The Hall–Kier alpha value is -0.0900. The van der Waals surface area contributed by atoms with Crippen molar-refractivity contribution in [3.8, 4) is 11.2 Å². The first-order valence-corrected chi connectivity index (χ1v) is 8.98. The van der Waals surface area contributed by atoms with Gasteiger partial charge in [-0.2, -0.15) is 0 Å².